The van der Waals surface area contributed by atoms with Gasteiger partial charge in [-0.1, -0.05) is 17.7 Å². The average molecular weight is 126 g/mol. The highest BCUT2D eigenvalue weighted by Gasteiger charge is 1.96. The largest absolute Gasteiger partial charge is 0.392 e. The Balaban J connectivity index is 4.35. The number of hydrogen-bond donors (Lipinski definition) is 1. The Morgan fingerprint density at radius 2 is 1.78 bits per heavy atom. The summed E-state index contributed by atoms with van der Waals surface area (Å²) in [5.74, 6) is 0. The number of hydrogen-bond acceptors (Lipinski definition) is 1. The fourth-order valence-electron chi connectivity index (χ4n) is 0.720. The smallest absolute Gasteiger partial charge is 0.0683 e. The van der Waals surface area contributed by atoms with Gasteiger partial charge in [-0.05, 0) is 26.3 Å². The molecule has 0 fully saturated rings. The Labute approximate surface area is 56.7 Å². The molecule has 0 aliphatic rings. The summed E-state index contributed by atoms with van der Waals surface area (Å²) in [6.45, 7) is 9.68. The topological polar surface area (TPSA) is 20.2 Å². The van der Waals surface area contributed by atoms with Crippen molar-refractivity contribution < 1.29 is 5.11 Å². The zero-order valence-corrected chi connectivity index (χ0v) is 6.36. The fourth-order valence-corrected chi connectivity index (χ4v) is 0.720. The third kappa shape index (κ3) is 2.47. The third-order valence-electron chi connectivity index (χ3n) is 1.28. The Hall–Kier alpha value is -0.560. The molecule has 1 heteroatoms. The molecule has 0 rings (SSSR count). The molecule has 0 saturated carbocycles. The van der Waals surface area contributed by atoms with Gasteiger partial charge in [0.2, 0.25) is 0 Å². The summed E-state index contributed by atoms with van der Waals surface area (Å²) in [5, 5.41) is 8.75. The van der Waals surface area contributed by atoms with E-state index in [0.717, 1.165) is 16.7 Å². The van der Waals surface area contributed by atoms with Gasteiger partial charge in [-0.15, -0.1) is 0 Å². The first-order valence-electron chi connectivity index (χ1n) is 3.02. The number of aliphatic hydroxyl groups excluding tert-OH is 1. The van der Waals surface area contributed by atoms with E-state index in [4.69, 9.17) is 5.11 Å². The maximum absolute atomic E-state index is 8.75. The molecule has 0 radical (unpaired) electrons. The minimum atomic E-state index is 0.109. The monoisotopic (exact) mass is 126 g/mol. The van der Waals surface area contributed by atoms with Crippen molar-refractivity contribution in [3.05, 3.63) is 23.3 Å². The van der Waals surface area contributed by atoms with Crippen molar-refractivity contribution in [2.45, 2.75) is 20.8 Å². The van der Waals surface area contributed by atoms with Crippen LogP contribution >= 0.6 is 0 Å². The lowest BCUT2D eigenvalue weighted by Crippen LogP contribution is -1.93. The highest BCUT2D eigenvalue weighted by Crippen LogP contribution is 2.10. The van der Waals surface area contributed by atoms with Crippen LogP contribution in [-0.4, -0.2) is 11.7 Å². The van der Waals surface area contributed by atoms with Crippen molar-refractivity contribution in [2.24, 2.45) is 0 Å². The van der Waals surface area contributed by atoms with Crippen LogP contribution in [0.5, 0.6) is 0 Å². The Morgan fingerprint density at radius 3 is 1.78 bits per heavy atom. The van der Waals surface area contributed by atoms with Crippen LogP contribution in [0.1, 0.15) is 20.8 Å². The normalized spacial score (nSPS) is 8.89. The summed E-state index contributed by atoms with van der Waals surface area (Å²) in [6, 6.07) is 0. The van der Waals surface area contributed by atoms with Gasteiger partial charge in [0.1, 0.15) is 0 Å². The van der Waals surface area contributed by atoms with Gasteiger partial charge >= 0.3 is 0 Å². The highest BCUT2D eigenvalue weighted by molar-refractivity contribution is 5.30. The van der Waals surface area contributed by atoms with E-state index >= 15 is 0 Å². The van der Waals surface area contributed by atoms with Crippen molar-refractivity contribution >= 4 is 0 Å². The van der Waals surface area contributed by atoms with E-state index in [2.05, 4.69) is 6.58 Å². The maximum Gasteiger partial charge on any atom is 0.0683 e. The maximum atomic E-state index is 8.75. The first-order chi connectivity index (χ1) is 4.09. The van der Waals surface area contributed by atoms with E-state index in [1.807, 2.05) is 20.8 Å². The standard InChI is InChI=1S/C8H14O/c1-6(2)8(5-9)7(3)4/h9H,1,5H2,2-4H3. The molecule has 0 aromatic carbocycles. The lowest BCUT2D eigenvalue weighted by Gasteiger charge is -2.03. The molecule has 1 N–H and O–H groups in total. The van der Waals surface area contributed by atoms with Crippen LogP contribution in [0, 0.1) is 0 Å². The molecule has 0 aromatic heterocycles. The molecule has 52 valence electrons. The second kappa shape index (κ2) is 3.46. The summed E-state index contributed by atoms with van der Waals surface area (Å²) in [6.07, 6.45) is 0. The van der Waals surface area contributed by atoms with Crippen molar-refractivity contribution in [1.82, 2.24) is 0 Å². The van der Waals surface area contributed by atoms with Crippen molar-refractivity contribution in [2.75, 3.05) is 6.61 Å². The van der Waals surface area contributed by atoms with Crippen LogP contribution in [0.25, 0.3) is 0 Å². The van der Waals surface area contributed by atoms with Crippen molar-refractivity contribution in [3.8, 4) is 0 Å². The third-order valence-corrected chi connectivity index (χ3v) is 1.28. The van der Waals surface area contributed by atoms with Crippen LogP contribution in [0.4, 0.5) is 0 Å². The number of allylic oxidation sites excluding steroid dienone is 1. The van der Waals surface area contributed by atoms with Gasteiger partial charge in [0, 0.05) is 0 Å². The molecule has 0 spiro atoms. The summed E-state index contributed by atoms with van der Waals surface area (Å²) in [5.41, 5.74) is 3.07. The fraction of sp³-hybridized carbons (Fsp3) is 0.500. The summed E-state index contributed by atoms with van der Waals surface area (Å²) in [7, 11) is 0. The minimum Gasteiger partial charge on any atom is -0.392 e. The van der Waals surface area contributed by atoms with Gasteiger partial charge in [0.05, 0.1) is 6.61 Å². The van der Waals surface area contributed by atoms with Gasteiger partial charge in [-0.2, -0.15) is 0 Å². The van der Waals surface area contributed by atoms with E-state index in [-0.39, 0.29) is 6.61 Å². The molecule has 0 unspecified atom stereocenters. The van der Waals surface area contributed by atoms with Crippen LogP contribution in [0.15, 0.2) is 23.3 Å². The molecule has 0 saturated heterocycles. The van der Waals surface area contributed by atoms with Crippen LogP contribution in [-0.2, 0) is 0 Å². The number of aliphatic hydroxyl groups is 1. The van der Waals surface area contributed by atoms with Crippen molar-refractivity contribution in [1.29, 1.82) is 0 Å². The Bertz CT molecular complexity index is 139. The molecule has 0 aliphatic heterocycles. The van der Waals surface area contributed by atoms with E-state index in [1.165, 1.54) is 0 Å². The summed E-state index contributed by atoms with van der Waals surface area (Å²) in [4.78, 5) is 0. The molecular formula is C8H14O. The SMILES string of the molecule is C=C(C)C(CO)=C(C)C. The zero-order chi connectivity index (χ0) is 7.44. The first kappa shape index (κ1) is 8.44. The highest BCUT2D eigenvalue weighted by atomic mass is 16.3. The molecule has 0 heterocycles. The minimum absolute atomic E-state index is 0.109. The molecule has 0 bridgehead atoms. The van der Waals surface area contributed by atoms with Gasteiger partial charge in [0.15, 0.2) is 0 Å². The average Bonchev–Trinajstić information content (AvgIpc) is 1.64. The summed E-state index contributed by atoms with van der Waals surface area (Å²) < 4.78 is 0. The molecule has 0 aliphatic carbocycles. The van der Waals surface area contributed by atoms with E-state index in [0.29, 0.717) is 0 Å². The lowest BCUT2D eigenvalue weighted by atomic mass is 10.1. The van der Waals surface area contributed by atoms with E-state index in [1.54, 1.807) is 0 Å². The first-order valence-corrected chi connectivity index (χ1v) is 3.02. The summed E-state index contributed by atoms with van der Waals surface area (Å²) >= 11 is 0. The van der Waals surface area contributed by atoms with Gasteiger partial charge in [0.25, 0.3) is 0 Å². The van der Waals surface area contributed by atoms with Gasteiger partial charge in [-0.3, -0.25) is 0 Å². The van der Waals surface area contributed by atoms with Crippen LogP contribution in [0.2, 0.25) is 0 Å². The predicted octanol–water partition coefficient (Wildman–Crippen LogP) is 1.89. The molecule has 1 nitrogen and oxygen atoms in total. The van der Waals surface area contributed by atoms with E-state index in [9.17, 15) is 0 Å². The lowest BCUT2D eigenvalue weighted by molar-refractivity contribution is 0.332. The second-order valence-corrected chi connectivity index (χ2v) is 2.42. The molecule has 0 atom stereocenters. The van der Waals surface area contributed by atoms with Crippen LogP contribution in [0.3, 0.4) is 0 Å². The molecule has 0 amide bonds. The molecule has 0 aromatic rings. The van der Waals surface area contributed by atoms with Gasteiger partial charge < -0.3 is 5.11 Å². The Kier molecular flexibility index (Phi) is 3.25. The molecular weight excluding hydrogens is 112 g/mol. The zero-order valence-electron chi connectivity index (χ0n) is 6.36. The predicted molar refractivity (Wildman–Crippen MR) is 40.3 cm³/mol. The van der Waals surface area contributed by atoms with E-state index < -0.39 is 0 Å². The van der Waals surface area contributed by atoms with Gasteiger partial charge in [-0.25, -0.2) is 0 Å². The van der Waals surface area contributed by atoms with Crippen molar-refractivity contribution in [3.63, 3.8) is 0 Å². The number of rotatable bonds is 2. The Morgan fingerprint density at radius 1 is 1.33 bits per heavy atom. The second-order valence-electron chi connectivity index (χ2n) is 2.42. The quantitative estimate of drug-likeness (QED) is 0.560. The van der Waals surface area contributed by atoms with Crippen LogP contribution < -0.4 is 0 Å². The molecule has 9 heavy (non-hydrogen) atoms.